The number of aromatic nitrogens is 4. The largest absolute Gasteiger partial charge is 0.487 e. The fourth-order valence-corrected chi connectivity index (χ4v) is 3.58. The number of aryl methyl sites for hydroxylation is 2. The molecule has 0 radical (unpaired) electrons. The zero-order chi connectivity index (χ0) is 20.5. The van der Waals surface area contributed by atoms with Gasteiger partial charge in [0, 0.05) is 44.4 Å². The maximum absolute atomic E-state index is 12.7. The van der Waals surface area contributed by atoms with Gasteiger partial charge in [-0.2, -0.15) is 5.10 Å². The average molecular weight is 397 g/mol. The molecule has 0 spiro atoms. The molecule has 0 bridgehead atoms. The van der Waals surface area contributed by atoms with E-state index in [2.05, 4.69) is 32.3 Å². The van der Waals surface area contributed by atoms with Gasteiger partial charge in [-0.05, 0) is 40.0 Å². The van der Waals surface area contributed by atoms with Gasteiger partial charge < -0.3 is 14.5 Å². The number of anilines is 1. The van der Waals surface area contributed by atoms with Crippen LogP contribution in [0.1, 0.15) is 36.7 Å². The molecule has 0 aromatic carbocycles. The zero-order valence-corrected chi connectivity index (χ0v) is 17.3. The summed E-state index contributed by atoms with van der Waals surface area (Å²) in [5.74, 6) is 2.46. The first kappa shape index (κ1) is 19.4. The first-order valence-corrected chi connectivity index (χ1v) is 9.89. The number of nitrogens with zero attached hydrogens (tertiary/aromatic N) is 6. The lowest BCUT2D eigenvalue weighted by Gasteiger charge is -2.32. The van der Waals surface area contributed by atoms with E-state index in [4.69, 9.17) is 4.74 Å². The molecule has 154 valence electrons. The first-order chi connectivity index (χ1) is 13.9. The number of piperazine rings is 1. The second kappa shape index (κ2) is 7.82. The number of carbonyl (C=O) groups excluding carboxylic acids is 1. The number of urea groups is 1. The number of ether oxygens (including phenoxy) is 1. The lowest BCUT2D eigenvalue weighted by atomic mass is 10.2. The van der Waals surface area contributed by atoms with Crippen molar-refractivity contribution in [2.75, 3.05) is 38.5 Å². The highest BCUT2D eigenvalue weighted by Crippen LogP contribution is 2.30. The van der Waals surface area contributed by atoms with E-state index >= 15 is 0 Å². The molecule has 0 aliphatic carbocycles. The highest BCUT2D eigenvalue weighted by molar-refractivity contribution is 5.88. The monoisotopic (exact) mass is 397 g/mol. The van der Waals surface area contributed by atoms with Gasteiger partial charge in [0.15, 0.2) is 17.7 Å². The van der Waals surface area contributed by atoms with E-state index in [1.54, 1.807) is 10.7 Å². The summed E-state index contributed by atoms with van der Waals surface area (Å²) < 4.78 is 7.60. The standard InChI is InChI=1S/C20H27N7O2/c1-13-11-14(2)27(24-13)18-12-17(21-19(23-18)16-6-5-15(3)29-16)22-20(28)26-9-7-25(4)8-10-26/h5,11-12,16H,6-10H2,1-4H3,(H,21,22,23,28). The van der Waals surface area contributed by atoms with E-state index in [1.807, 2.05) is 37.8 Å². The molecule has 1 fully saturated rings. The molecule has 2 aromatic heterocycles. The summed E-state index contributed by atoms with van der Waals surface area (Å²) in [6.45, 7) is 8.94. The normalized spacial score (nSPS) is 19.8. The molecule has 0 saturated carbocycles. The molecule has 2 aromatic rings. The Bertz CT molecular complexity index is 944. The van der Waals surface area contributed by atoms with Crippen molar-refractivity contribution in [2.24, 2.45) is 0 Å². The number of allylic oxidation sites excluding steroid dienone is 1. The van der Waals surface area contributed by atoms with Gasteiger partial charge >= 0.3 is 6.03 Å². The zero-order valence-electron chi connectivity index (χ0n) is 17.3. The molecule has 9 heteroatoms. The first-order valence-electron chi connectivity index (χ1n) is 9.89. The van der Waals surface area contributed by atoms with Crippen molar-refractivity contribution in [1.82, 2.24) is 29.5 Å². The molecular formula is C20H27N7O2. The number of nitrogens with one attached hydrogen (secondary N) is 1. The van der Waals surface area contributed by atoms with Gasteiger partial charge in [0.2, 0.25) is 0 Å². The number of amides is 2. The van der Waals surface area contributed by atoms with Crippen LogP contribution in [0.4, 0.5) is 10.6 Å². The van der Waals surface area contributed by atoms with Gasteiger partial charge in [0.1, 0.15) is 5.82 Å². The lowest BCUT2D eigenvalue weighted by Crippen LogP contribution is -2.48. The summed E-state index contributed by atoms with van der Waals surface area (Å²) in [6.07, 6.45) is 2.47. The molecular weight excluding hydrogens is 370 g/mol. The van der Waals surface area contributed by atoms with E-state index in [0.717, 1.165) is 30.2 Å². The Labute approximate surface area is 170 Å². The predicted molar refractivity (Wildman–Crippen MR) is 109 cm³/mol. The van der Waals surface area contributed by atoms with Crippen LogP contribution in [0.3, 0.4) is 0 Å². The third-order valence-corrected chi connectivity index (χ3v) is 5.22. The SMILES string of the molecule is CC1=CCC(c2nc(NC(=O)N3CCN(C)CC3)cc(-n3nc(C)cc3C)n2)O1. The van der Waals surface area contributed by atoms with Crippen LogP contribution in [0, 0.1) is 13.8 Å². The molecule has 1 saturated heterocycles. The molecule has 4 rings (SSSR count). The van der Waals surface area contributed by atoms with Gasteiger partial charge in [-0.15, -0.1) is 0 Å². The summed E-state index contributed by atoms with van der Waals surface area (Å²) in [6, 6.07) is 3.59. The maximum atomic E-state index is 12.7. The van der Waals surface area contributed by atoms with Gasteiger partial charge in [-0.1, -0.05) is 0 Å². The summed E-state index contributed by atoms with van der Waals surface area (Å²) >= 11 is 0. The van der Waals surface area contributed by atoms with Crippen molar-refractivity contribution in [3.8, 4) is 5.82 Å². The Morgan fingerprint density at radius 3 is 2.52 bits per heavy atom. The van der Waals surface area contributed by atoms with Crippen molar-refractivity contribution >= 4 is 11.8 Å². The molecule has 9 nitrogen and oxygen atoms in total. The molecule has 1 unspecified atom stereocenters. The average Bonchev–Trinajstić information content (AvgIpc) is 3.27. The van der Waals surface area contributed by atoms with Gasteiger partial charge in [0.05, 0.1) is 11.5 Å². The van der Waals surface area contributed by atoms with E-state index in [-0.39, 0.29) is 12.1 Å². The number of carbonyl (C=O) groups is 1. The topological polar surface area (TPSA) is 88.4 Å². The smallest absolute Gasteiger partial charge is 0.323 e. The number of hydrogen-bond acceptors (Lipinski definition) is 6. The fourth-order valence-electron chi connectivity index (χ4n) is 3.58. The van der Waals surface area contributed by atoms with Crippen LogP contribution in [-0.4, -0.2) is 68.8 Å². The Kier molecular flexibility index (Phi) is 5.23. The van der Waals surface area contributed by atoms with Crippen LogP contribution in [-0.2, 0) is 4.74 Å². The van der Waals surface area contributed by atoms with Crippen molar-refractivity contribution in [1.29, 1.82) is 0 Å². The third kappa shape index (κ3) is 4.24. The minimum atomic E-state index is -0.258. The summed E-state index contributed by atoms with van der Waals surface area (Å²) in [4.78, 5) is 26.0. The highest BCUT2D eigenvalue weighted by atomic mass is 16.5. The Hall–Kier alpha value is -2.94. The van der Waals surface area contributed by atoms with Gasteiger partial charge in [-0.25, -0.2) is 19.4 Å². The summed E-state index contributed by atoms with van der Waals surface area (Å²) in [7, 11) is 2.06. The van der Waals surface area contributed by atoms with Gasteiger partial charge in [-0.3, -0.25) is 5.32 Å². The van der Waals surface area contributed by atoms with Crippen LogP contribution in [0.15, 0.2) is 24.0 Å². The van der Waals surface area contributed by atoms with Crippen LogP contribution in [0.5, 0.6) is 0 Å². The number of rotatable bonds is 3. The van der Waals surface area contributed by atoms with Crippen LogP contribution in [0.25, 0.3) is 5.82 Å². The molecule has 4 heterocycles. The minimum Gasteiger partial charge on any atom is -0.487 e. The quantitative estimate of drug-likeness (QED) is 0.856. The molecule has 2 amide bonds. The Balaban J connectivity index is 1.62. The van der Waals surface area contributed by atoms with Crippen LogP contribution in [0.2, 0.25) is 0 Å². The third-order valence-electron chi connectivity index (χ3n) is 5.22. The van der Waals surface area contributed by atoms with Crippen molar-refractivity contribution < 1.29 is 9.53 Å². The van der Waals surface area contributed by atoms with E-state index in [1.165, 1.54) is 0 Å². The molecule has 1 N–H and O–H groups in total. The Morgan fingerprint density at radius 1 is 1.14 bits per heavy atom. The van der Waals surface area contributed by atoms with Crippen molar-refractivity contribution in [2.45, 2.75) is 33.3 Å². The second-order valence-corrected chi connectivity index (χ2v) is 7.69. The summed E-state index contributed by atoms with van der Waals surface area (Å²) in [5.41, 5.74) is 1.87. The maximum Gasteiger partial charge on any atom is 0.323 e. The van der Waals surface area contributed by atoms with Crippen LogP contribution >= 0.6 is 0 Å². The van der Waals surface area contributed by atoms with Crippen LogP contribution < -0.4 is 5.32 Å². The lowest BCUT2D eigenvalue weighted by molar-refractivity contribution is 0.138. The second-order valence-electron chi connectivity index (χ2n) is 7.69. The predicted octanol–water partition coefficient (Wildman–Crippen LogP) is 2.42. The van der Waals surface area contributed by atoms with E-state index < -0.39 is 0 Å². The van der Waals surface area contributed by atoms with Crippen molar-refractivity contribution in [3.63, 3.8) is 0 Å². The minimum absolute atomic E-state index is 0.149. The van der Waals surface area contributed by atoms with Gasteiger partial charge in [0.25, 0.3) is 0 Å². The number of likely N-dealkylation sites (N-methyl/N-ethyl adjacent to an activating group) is 1. The van der Waals surface area contributed by atoms with Crippen molar-refractivity contribution in [3.05, 3.63) is 41.2 Å². The molecule has 2 aliphatic heterocycles. The van der Waals surface area contributed by atoms with E-state index in [0.29, 0.717) is 37.0 Å². The highest BCUT2D eigenvalue weighted by Gasteiger charge is 2.24. The Morgan fingerprint density at radius 2 is 1.90 bits per heavy atom. The van der Waals surface area contributed by atoms with E-state index in [9.17, 15) is 4.79 Å². The fraction of sp³-hybridized carbons (Fsp3) is 0.500. The number of hydrogen-bond donors (Lipinski definition) is 1. The molecule has 2 aliphatic rings. The molecule has 1 atom stereocenters. The molecule has 29 heavy (non-hydrogen) atoms. The summed E-state index contributed by atoms with van der Waals surface area (Å²) in [5, 5.41) is 7.47.